The van der Waals surface area contributed by atoms with Crippen molar-refractivity contribution in [2.75, 3.05) is 20.8 Å². The fraction of sp³-hybridized carbons (Fsp3) is 0.588. The number of hydrogen-bond donors (Lipinski definition) is 1. The van der Waals surface area contributed by atoms with Crippen molar-refractivity contribution < 1.29 is 37.3 Å². The highest BCUT2D eigenvalue weighted by atomic mass is 28.4. The van der Waals surface area contributed by atoms with Crippen LogP contribution >= 0.6 is 0 Å². The Morgan fingerprint density at radius 2 is 0.937 bits per heavy atom. The summed E-state index contributed by atoms with van der Waals surface area (Å²) in [6, 6.07) is 37.8. The Labute approximate surface area is 484 Å². The van der Waals surface area contributed by atoms with Crippen LogP contribution in [0, 0.1) is 23.7 Å². The van der Waals surface area contributed by atoms with Gasteiger partial charge >= 0.3 is 0 Å². The van der Waals surface area contributed by atoms with Gasteiger partial charge in [0, 0.05) is 30.3 Å². The fourth-order valence-corrected chi connectivity index (χ4v) is 24.0. The summed E-state index contributed by atoms with van der Waals surface area (Å²) in [5.74, 6) is 1.08. The number of ether oxygens (including phenoxy) is 4. The summed E-state index contributed by atoms with van der Waals surface area (Å²) in [5, 5.41) is 15.1. The molecule has 0 aliphatic carbocycles. The van der Waals surface area contributed by atoms with Crippen LogP contribution in [-0.2, 0) is 36.0 Å². The van der Waals surface area contributed by atoms with Gasteiger partial charge in [-0.2, -0.15) is 0 Å². The highest BCUT2D eigenvalue weighted by Crippen LogP contribution is 2.46. The number of aliphatic hydroxyl groups is 1. The van der Waals surface area contributed by atoms with Crippen molar-refractivity contribution in [2.24, 2.45) is 23.7 Å². The van der Waals surface area contributed by atoms with Gasteiger partial charge in [0.1, 0.15) is 11.5 Å². The van der Waals surface area contributed by atoms with Gasteiger partial charge in [0.05, 0.1) is 58.0 Å². The van der Waals surface area contributed by atoms with Crippen LogP contribution in [0.1, 0.15) is 143 Å². The van der Waals surface area contributed by atoms with E-state index >= 15 is 0 Å². The number of hydrogen-bond acceptors (Lipinski definition) is 8. The molecule has 0 bridgehead atoms. The molecule has 0 heterocycles. The first-order valence-corrected chi connectivity index (χ1v) is 36.5. The lowest BCUT2D eigenvalue weighted by Gasteiger charge is -2.48. The molecular formula is C68H108O8Si3. The smallest absolute Gasteiger partial charge is 0.261 e. The van der Waals surface area contributed by atoms with Crippen molar-refractivity contribution in [1.82, 2.24) is 0 Å². The third-order valence-electron chi connectivity index (χ3n) is 17.5. The zero-order valence-corrected chi connectivity index (χ0v) is 56.4. The minimum absolute atomic E-state index is 0.0238. The molecule has 0 saturated heterocycles. The maximum Gasteiger partial charge on any atom is 0.261 e. The summed E-state index contributed by atoms with van der Waals surface area (Å²) in [5.41, 5.74) is 5.32. The van der Waals surface area contributed by atoms with Crippen molar-refractivity contribution >= 4 is 35.3 Å². The lowest BCUT2D eigenvalue weighted by atomic mass is 9.83. The SMILES string of the molecule is COc1ccc(CO[C@@H]([C@H](C)[C@@H](O)/C(C)=C/[C@@H](C)[C@H](OCc2ccc(OC)cc2)[C@@H](C)CO[Si](c2ccccc2)(c2ccccc2)C(C)(C)C)[C@H](C)/C=C(\C)[C@H](O[Si](C(C)C)(C(C)C)C(C)C)[C@H](C)O[Si](C)(C)C(C)(C)C)cc1. The third kappa shape index (κ3) is 17.2. The summed E-state index contributed by atoms with van der Waals surface area (Å²) in [7, 11) is -4.04. The molecule has 4 rings (SSSR count). The third-order valence-corrected chi connectivity index (χ3v) is 33.2. The Morgan fingerprint density at radius 1 is 0.532 bits per heavy atom. The Hall–Kier alpha value is -3.63. The zero-order chi connectivity index (χ0) is 59.3. The molecule has 0 aromatic heterocycles. The van der Waals surface area contributed by atoms with Crippen LogP contribution in [0.2, 0.25) is 39.8 Å². The first-order chi connectivity index (χ1) is 36.9. The van der Waals surface area contributed by atoms with Gasteiger partial charge in [-0.15, -0.1) is 0 Å². The minimum Gasteiger partial charge on any atom is -0.497 e. The molecule has 1 N–H and O–H groups in total. The highest BCUT2D eigenvalue weighted by molar-refractivity contribution is 6.99. The van der Waals surface area contributed by atoms with Crippen LogP contribution in [0.5, 0.6) is 11.5 Å². The van der Waals surface area contributed by atoms with Gasteiger partial charge in [-0.1, -0.05) is 208 Å². The molecule has 0 saturated carbocycles. The van der Waals surface area contributed by atoms with Crippen molar-refractivity contribution in [3.63, 3.8) is 0 Å². The molecule has 0 radical (unpaired) electrons. The van der Waals surface area contributed by atoms with E-state index in [2.05, 4.69) is 242 Å². The lowest BCUT2D eigenvalue weighted by molar-refractivity contribution is -0.0486. The second-order valence-corrected chi connectivity index (χ2v) is 41.0. The summed E-state index contributed by atoms with van der Waals surface area (Å²) >= 11 is 0. The van der Waals surface area contributed by atoms with Gasteiger partial charge in [0.2, 0.25) is 8.32 Å². The van der Waals surface area contributed by atoms with Gasteiger partial charge in [-0.05, 0) is 117 Å². The van der Waals surface area contributed by atoms with E-state index in [0.29, 0.717) is 36.4 Å². The first kappa shape index (κ1) is 67.9. The molecule has 79 heavy (non-hydrogen) atoms. The molecule has 0 amide bonds. The highest BCUT2D eigenvalue weighted by Gasteiger charge is 2.51. The van der Waals surface area contributed by atoms with E-state index in [1.807, 2.05) is 24.3 Å². The zero-order valence-electron chi connectivity index (χ0n) is 53.4. The summed E-state index contributed by atoms with van der Waals surface area (Å²) in [6.45, 7) is 49.3. The predicted octanol–water partition coefficient (Wildman–Crippen LogP) is 16.5. The Kier molecular flexibility index (Phi) is 25.4. The molecule has 4 aromatic rings. The van der Waals surface area contributed by atoms with E-state index in [-0.39, 0.29) is 58.2 Å². The molecule has 9 atom stereocenters. The van der Waals surface area contributed by atoms with E-state index in [4.69, 9.17) is 32.2 Å². The van der Waals surface area contributed by atoms with E-state index < -0.39 is 31.1 Å². The van der Waals surface area contributed by atoms with E-state index in [1.165, 1.54) is 10.4 Å². The fourth-order valence-electron chi connectivity index (χ4n) is 12.3. The number of methoxy groups -OCH3 is 2. The maximum atomic E-state index is 12.7. The van der Waals surface area contributed by atoms with Gasteiger partial charge in [-0.25, -0.2) is 0 Å². The molecule has 440 valence electrons. The average molecular weight is 1140 g/mol. The van der Waals surface area contributed by atoms with Gasteiger partial charge in [-0.3, -0.25) is 0 Å². The van der Waals surface area contributed by atoms with Gasteiger partial charge in [0.25, 0.3) is 8.32 Å². The summed E-state index contributed by atoms with van der Waals surface area (Å²) in [6.07, 6.45) is 2.72. The number of aliphatic hydroxyl groups excluding tert-OH is 1. The van der Waals surface area contributed by atoms with Gasteiger partial charge < -0.3 is 37.3 Å². The number of benzene rings is 4. The van der Waals surface area contributed by atoms with Crippen molar-refractivity contribution in [3.8, 4) is 11.5 Å². The van der Waals surface area contributed by atoms with E-state index in [9.17, 15) is 5.11 Å². The second-order valence-electron chi connectivity index (χ2n) is 26.5. The van der Waals surface area contributed by atoms with Crippen LogP contribution < -0.4 is 19.8 Å². The predicted molar refractivity (Wildman–Crippen MR) is 341 cm³/mol. The molecule has 0 unspecified atom stereocenters. The lowest BCUT2D eigenvalue weighted by Crippen LogP contribution is -2.67. The topological polar surface area (TPSA) is 84.8 Å². The van der Waals surface area contributed by atoms with Crippen LogP contribution in [0.3, 0.4) is 0 Å². The summed E-state index contributed by atoms with van der Waals surface area (Å²) < 4.78 is 47.7. The normalized spacial score (nSPS) is 17.1. The van der Waals surface area contributed by atoms with Crippen molar-refractivity contribution in [3.05, 3.63) is 144 Å². The van der Waals surface area contributed by atoms with Crippen molar-refractivity contribution in [1.29, 1.82) is 0 Å². The van der Waals surface area contributed by atoms with Crippen LogP contribution in [-0.4, -0.2) is 81.4 Å². The number of rotatable bonds is 30. The molecule has 11 heteroatoms. The first-order valence-electron chi connectivity index (χ1n) is 29.5. The maximum absolute atomic E-state index is 12.7. The quantitative estimate of drug-likeness (QED) is 0.0408. The van der Waals surface area contributed by atoms with Gasteiger partial charge in [0.15, 0.2) is 8.32 Å². The molecule has 0 aliphatic rings. The van der Waals surface area contributed by atoms with Crippen LogP contribution in [0.25, 0.3) is 0 Å². The van der Waals surface area contributed by atoms with E-state index in [1.54, 1.807) is 14.2 Å². The van der Waals surface area contributed by atoms with E-state index in [0.717, 1.165) is 33.8 Å². The van der Waals surface area contributed by atoms with Crippen LogP contribution in [0.15, 0.2) is 132 Å². The Bertz CT molecular complexity index is 2400. The minimum atomic E-state index is -2.85. The average Bonchev–Trinajstić information content (AvgIpc) is 3.53. The largest absolute Gasteiger partial charge is 0.497 e. The Morgan fingerprint density at radius 3 is 1.33 bits per heavy atom. The van der Waals surface area contributed by atoms with Crippen molar-refractivity contribution in [2.45, 2.75) is 215 Å². The molecule has 8 nitrogen and oxygen atoms in total. The molecule has 0 fully saturated rings. The van der Waals surface area contributed by atoms with Crippen LogP contribution in [0.4, 0.5) is 0 Å². The Balaban J connectivity index is 1.79. The standard InChI is InChI=1S/C68H108O8Si3/c1-47(2)78(48(3)4,49(5)6)76-66(56(13)75-77(22,23)67(14,15)16)53(10)43-52(9)65(73-46-58-36-40-60(71-21)41-37-58)55(12)63(69)50(7)42-51(8)64(72-45-57-34-38-59(70-20)39-35-57)54(11)44-74-79(68(17,18)19,61-30-26-24-27-31-61)62-32-28-25-29-33-62/h24-43,47-49,51-52,54-56,63-66,69H,44-46H2,1-23H3/b50-42+,53-43+/t51-,52-,54+,55-,56+,63+,64+,65-,66+/m1/s1. The molecule has 0 spiro atoms. The second kappa shape index (κ2) is 29.6. The summed E-state index contributed by atoms with van der Waals surface area (Å²) in [4.78, 5) is 0. The molecular weight excluding hydrogens is 1030 g/mol. The molecule has 4 aromatic carbocycles. The monoisotopic (exact) mass is 1140 g/mol. The molecule has 0 aliphatic heterocycles.